The van der Waals surface area contributed by atoms with Gasteiger partial charge in [0.15, 0.2) is 12.4 Å². The molecular formula is C13H21N2O+. The molecule has 0 amide bonds. The van der Waals surface area contributed by atoms with E-state index < -0.39 is 0 Å². The van der Waals surface area contributed by atoms with E-state index in [4.69, 9.17) is 5.21 Å². The van der Waals surface area contributed by atoms with Crippen molar-refractivity contribution in [2.45, 2.75) is 45.6 Å². The zero-order chi connectivity index (χ0) is 11.6. The van der Waals surface area contributed by atoms with Crippen LogP contribution in [-0.4, -0.2) is 11.4 Å². The largest absolute Gasteiger partial charge is 0.411 e. The fourth-order valence-corrected chi connectivity index (χ4v) is 1.72. The summed E-state index contributed by atoms with van der Waals surface area (Å²) in [5.74, 6) is 0. The Balaban J connectivity index is 2.33. The van der Waals surface area contributed by atoms with Crippen molar-refractivity contribution < 1.29 is 9.77 Å². The van der Waals surface area contributed by atoms with Gasteiger partial charge in [-0.3, -0.25) is 0 Å². The molecule has 1 rings (SSSR count). The van der Waals surface area contributed by atoms with Gasteiger partial charge in [0.25, 0.3) is 0 Å². The Morgan fingerprint density at radius 1 is 1.31 bits per heavy atom. The second-order valence-electron chi connectivity index (χ2n) is 4.03. The quantitative estimate of drug-likeness (QED) is 0.248. The minimum Gasteiger partial charge on any atom is -0.411 e. The van der Waals surface area contributed by atoms with Crippen LogP contribution >= 0.6 is 0 Å². The van der Waals surface area contributed by atoms with Crippen LogP contribution < -0.4 is 4.57 Å². The monoisotopic (exact) mass is 221 g/mol. The molecule has 0 aromatic carbocycles. The van der Waals surface area contributed by atoms with Crippen LogP contribution in [0.25, 0.3) is 0 Å². The molecule has 1 N–H and O–H groups in total. The predicted octanol–water partition coefficient (Wildman–Crippen LogP) is 2.75. The van der Waals surface area contributed by atoms with E-state index in [1.54, 1.807) is 0 Å². The Morgan fingerprint density at radius 3 is 2.88 bits per heavy atom. The van der Waals surface area contributed by atoms with Gasteiger partial charge in [-0.2, -0.15) is 0 Å². The molecular weight excluding hydrogens is 200 g/mol. The minimum atomic E-state index is 0.929. The van der Waals surface area contributed by atoms with Gasteiger partial charge in [-0.25, -0.2) is 4.57 Å². The zero-order valence-corrected chi connectivity index (χ0v) is 9.97. The molecule has 0 bridgehead atoms. The summed E-state index contributed by atoms with van der Waals surface area (Å²) in [4.78, 5) is 0. The van der Waals surface area contributed by atoms with E-state index in [0.29, 0.717) is 0 Å². The maximum atomic E-state index is 8.44. The van der Waals surface area contributed by atoms with Crippen molar-refractivity contribution in [2.75, 3.05) is 0 Å². The lowest BCUT2D eigenvalue weighted by molar-refractivity contribution is -0.697. The molecule has 1 aromatic heterocycles. The number of pyridine rings is 1. The lowest BCUT2D eigenvalue weighted by atomic mass is 10.1. The van der Waals surface area contributed by atoms with Gasteiger partial charge in [-0.05, 0) is 12.5 Å². The zero-order valence-electron chi connectivity index (χ0n) is 9.97. The van der Waals surface area contributed by atoms with E-state index in [1.807, 2.05) is 18.3 Å². The Bertz CT molecular complexity index is 323. The lowest BCUT2D eigenvalue weighted by Gasteiger charge is -1.98. The summed E-state index contributed by atoms with van der Waals surface area (Å²) in [6.07, 6.45) is 12.0. The van der Waals surface area contributed by atoms with Gasteiger partial charge in [0.1, 0.15) is 6.54 Å². The molecule has 0 saturated heterocycles. The van der Waals surface area contributed by atoms with Crippen LogP contribution in [0.4, 0.5) is 0 Å². The number of rotatable bonds is 7. The van der Waals surface area contributed by atoms with Crippen LogP contribution in [-0.2, 0) is 6.54 Å². The highest BCUT2D eigenvalue weighted by Gasteiger charge is 2.00. The Labute approximate surface area is 97.4 Å². The number of nitrogens with zero attached hydrogens (tertiary/aromatic N) is 2. The molecule has 0 unspecified atom stereocenters. The lowest BCUT2D eigenvalue weighted by Crippen LogP contribution is -2.33. The van der Waals surface area contributed by atoms with Gasteiger partial charge in [0.2, 0.25) is 0 Å². The minimum absolute atomic E-state index is 0.929. The van der Waals surface area contributed by atoms with E-state index in [1.165, 1.54) is 38.3 Å². The number of hydrogen-bond donors (Lipinski definition) is 1. The average Bonchev–Trinajstić information content (AvgIpc) is 2.30. The van der Waals surface area contributed by atoms with E-state index in [2.05, 4.69) is 22.8 Å². The van der Waals surface area contributed by atoms with Crippen LogP contribution in [0.1, 0.15) is 44.6 Å². The number of aromatic nitrogens is 1. The summed E-state index contributed by atoms with van der Waals surface area (Å²) >= 11 is 0. The van der Waals surface area contributed by atoms with Crippen molar-refractivity contribution in [3.63, 3.8) is 0 Å². The summed E-state index contributed by atoms with van der Waals surface area (Å²) in [6, 6.07) is 3.90. The molecule has 1 aromatic rings. The van der Waals surface area contributed by atoms with Gasteiger partial charge in [0, 0.05) is 12.5 Å². The number of oxime groups is 1. The van der Waals surface area contributed by atoms with E-state index in [-0.39, 0.29) is 0 Å². The molecule has 16 heavy (non-hydrogen) atoms. The maximum absolute atomic E-state index is 8.44. The summed E-state index contributed by atoms with van der Waals surface area (Å²) in [5.41, 5.74) is 0.929. The molecule has 0 spiro atoms. The molecule has 3 nitrogen and oxygen atoms in total. The summed E-state index contributed by atoms with van der Waals surface area (Å²) in [5, 5.41) is 11.5. The van der Waals surface area contributed by atoms with Crippen molar-refractivity contribution in [1.29, 1.82) is 0 Å². The molecule has 0 aliphatic carbocycles. The van der Waals surface area contributed by atoms with Gasteiger partial charge in [0.05, 0.1) is 11.8 Å². The van der Waals surface area contributed by atoms with Gasteiger partial charge >= 0.3 is 0 Å². The molecule has 0 saturated carbocycles. The molecule has 88 valence electrons. The first-order chi connectivity index (χ1) is 7.86. The van der Waals surface area contributed by atoms with Gasteiger partial charge in [-0.1, -0.05) is 31.3 Å². The summed E-state index contributed by atoms with van der Waals surface area (Å²) in [6.45, 7) is 3.27. The molecule has 1 heterocycles. The third-order valence-electron chi connectivity index (χ3n) is 2.61. The van der Waals surface area contributed by atoms with Gasteiger partial charge < -0.3 is 5.21 Å². The average molecular weight is 221 g/mol. The Kier molecular flexibility index (Phi) is 6.23. The highest BCUT2D eigenvalue weighted by atomic mass is 16.4. The van der Waals surface area contributed by atoms with Gasteiger partial charge in [-0.15, -0.1) is 0 Å². The van der Waals surface area contributed by atoms with Crippen LogP contribution in [0.3, 0.4) is 0 Å². The third-order valence-corrected chi connectivity index (χ3v) is 2.61. The number of unbranched alkanes of at least 4 members (excludes halogenated alkanes) is 4. The number of hydrogen-bond acceptors (Lipinski definition) is 2. The Hall–Kier alpha value is -1.38. The molecule has 0 radical (unpaired) electrons. The first-order valence-electron chi connectivity index (χ1n) is 6.03. The second kappa shape index (κ2) is 7.85. The molecule has 0 atom stereocenters. The molecule has 0 fully saturated rings. The molecule has 0 aliphatic rings. The fourth-order valence-electron chi connectivity index (χ4n) is 1.72. The fraction of sp³-hybridized carbons (Fsp3) is 0.538. The normalized spacial score (nSPS) is 11.1. The second-order valence-corrected chi connectivity index (χ2v) is 4.03. The summed E-state index contributed by atoms with van der Waals surface area (Å²) in [7, 11) is 0. The standard InChI is InChI=1S/C13H20N2O/c1-2-3-4-5-6-9-15-10-7-8-13(12-15)11-14-16/h7-8,10-12H,2-6,9H2,1H3/p+1/b14-11-. The van der Waals surface area contributed by atoms with Crippen LogP contribution in [0.5, 0.6) is 0 Å². The van der Waals surface area contributed by atoms with Crippen molar-refractivity contribution in [3.05, 3.63) is 30.1 Å². The van der Waals surface area contributed by atoms with E-state index in [9.17, 15) is 0 Å². The third kappa shape index (κ3) is 4.91. The highest BCUT2D eigenvalue weighted by molar-refractivity contribution is 5.77. The highest BCUT2D eigenvalue weighted by Crippen LogP contribution is 2.02. The van der Waals surface area contributed by atoms with Crippen molar-refractivity contribution in [3.8, 4) is 0 Å². The smallest absolute Gasteiger partial charge is 0.177 e. The van der Waals surface area contributed by atoms with Crippen LogP contribution in [0.15, 0.2) is 29.7 Å². The Morgan fingerprint density at radius 2 is 2.12 bits per heavy atom. The SMILES string of the molecule is CCCCCCC[n+]1cccc(/C=N\O)c1. The molecule has 3 heteroatoms. The first kappa shape index (κ1) is 12.7. The van der Waals surface area contributed by atoms with E-state index in [0.717, 1.165) is 12.1 Å². The van der Waals surface area contributed by atoms with Crippen molar-refractivity contribution in [1.82, 2.24) is 0 Å². The van der Waals surface area contributed by atoms with Crippen molar-refractivity contribution >= 4 is 6.21 Å². The van der Waals surface area contributed by atoms with Crippen LogP contribution in [0, 0.1) is 0 Å². The van der Waals surface area contributed by atoms with E-state index >= 15 is 0 Å². The maximum Gasteiger partial charge on any atom is 0.177 e. The summed E-state index contributed by atoms with van der Waals surface area (Å²) < 4.78 is 2.14. The first-order valence-corrected chi connectivity index (χ1v) is 6.03. The molecule has 0 aliphatic heterocycles. The van der Waals surface area contributed by atoms with Crippen molar-refractivity contribution in [2.24, 2.45) is 5.16 Å². The van der Waals surface area contributed by atoms with Crippen LogP contribution in [0.2, 0.25) is 0 Å². The topological polar surface area (TPSA) is 36.5 Å². The predicted molar refractivity (Wildman–Crippen MR) is 64.8 cm³/mol. The number of aryl methyl sites for hydroxylation is 1.